The monoisotopic (exact) mass is 687 g/mol. The summed E-state index contributed by atoms with van der Waals surface area (Å²) in [7, 11) is 0. The van der Waals surface area contributed by atoms with Crippen LogP contribution in [0, 0.1) is 11.5 Å². The van der Waals surface area contributed by atoms with Crippen LogP contribution in [-0.4, -0.2) is 43.4 Å². The molecule has 2 rings (SSSR count). The van der Waals surface area contributed by atoms with Crippen molar-refractivity contribution < 1.29 is 57.1 Å². The molecule has 0 bridgehead atoms. The summed E-state index contributed by atoms with van der Waals surface area (Å²) in [5.41, 5.74) is 0.0119. The van der Waals surface area contributed by atoms with Crippen molar-refractivity contribution in [3.63, 3.8) is 0 Å². The summed E-state index contributed by atoms with van der Waals surface area (Å²) in [4.78, 5) is 27.7. The fourth-order valence-electron chi connectivity index (χ4n) is 3.06. The van der Waals surface area contributed by atoms with Gasteiger partial charge < -0.3 is 48.2 Å². The van der Waals surface area contributed by atoms with E-state index >= 15 is 0 Å². The zero-order valence-corrected chi connectivity index (χ0v) is 25.7. The molecule has 2 aromatic rings. The number of benzene rings is 1. The molecule has 0 fully saturated rings. The van der Waals surface area contributed by atoms with Crippen molar-refractivity contribution in [3.8, 4) is 11.9 Å². The summed E-state index contributed by atoms with van der Waals surface area (Å²) in [6.45, 7) is 5.70. The maximum Gasteiger partial charge on any atom is 0.513 e. The number of halogens is 2. The van der Waals surface area contributed by atoms with Crippen molar-refractivity contribution in [1.29, 1.82) is 5.26 Å². The summed E-state index contributed by atoms with van der Waals surface area (Å²) in [6, 6.07) is 10.7. The molecule has 218 valence electrons. The number of guanidine groups is 1. The van der Waals surface area contributed by atoms with E-state index in [0.29, 0.717) is 29.8 Å². The van der Waals surface area contributed by atoms with E-state index < -0.39 is 24.3 Å². The molecule has 0 unspecified atom stereocenters. The predicted molar refractivity (Wildman–Crippen MR) is 145 cm³/mol. The lowest BCUT2D eigenvalue weighted by Gasteiger charge is -2.19. The van der Waals surface area contributed by atoms with E-state index in [4.69, 9.17) is 35.8 Å². The highest BCUT2D eigenvalue weighted by molar-refractivity contribution is 6.30. The van der Waals surface area contributed by atoms with Gasteiger partial charge in [0.1, 0.15) is 11.4 Å². The van der Waals surface area contributed by atoms with Crippen molar-refractivity contribution in [2.75, 3.05) is 25.1 Å². The van der Waals surface area contributed by atoms with Gasteiger partial charge in [-0.1, -0.05) is 18.0 Å². The Morgan fingerprint density at radius 1 is 1.02 bits per heavy atom. The Morgan fingerprint density at radius 3 is 2.35 bits per heavy atom. The standard InChI is InChI=1S/C27H34ClN5O6.HI/c1-27(2,3)39-24(34)18-37-26(35)38-20-33-15-12-22(13-16-33)32-25(31-19-29)30-14-6-4-5-7-17-36-23-10-8-21(28)9-11-23;/h8-13,15-16H,4-7,14,17-18,20H2,1-3H3,(H,30,31);1H. The molecule has 40 heavy (non-hydrogen) atoms. The van der Waals surface area contributed by atoms with Gasteiger partial charge in [-0.2, -0.15) is 9.83 Å². The van der Waals surface area contributed by atoms with Crippen LogP contribution in [0.15, 0.2) is 53.8 Å². The molecule has 1 aromatic carbocycles. The molecule has 11 nitrogen and oxygen atoms in total. The minimum absolute atomic E-state index is 0. The van der Waals surface area contributed by atoms with Crippen LogP contribution in [0.3, 0.4) is 0 Å². The first-order valence-electron chi connectivity index (χ1n) is 12.5. The Morgan fingerprint density at radius 2 is 1.70 bits per heavy atom. The summed E-state index contributed by atoms with van der Waals surface area (Å²) < 4.78 is 22.0. The second-order valence-corrected chi connectivity index (χ2v) is 9.74. The number of rotatable bonds is 13. The van der Waals surface area contributed by atoms with Gasteiger partial charge in [-0.25, -0.2) is 9.59 Å². The molecule has 0 aliphatic heterocycles. The molecule has 0 atom stereocenters. The Bertz CT molecular complexity index is 1120. The summed E-state index contributed by atoms with van der Waals surface area (Å²) in [6.07, 6.45) is 8.01. The zero-order chi connectivity index (χ0) is 28.5. The molecule has 13 heteroatoms. The fraction of sp³-hybridized carbons (Fsp3) is 0.444. The van der Waals surface area contributed by atoms with Crippen LogP contribution in [0.25, 0.3) is 0 Å². The highest BCUT2D eigenvalue weighted by atomic mass is 127. The summed E-state index contributed by atoms with van der Waals surface area (Å²) in [5, 5.41) is 15.3. The minimum Gasteiger partial charge on any atom is -1.00 e. The second kappa shape index (κ2) is 18.9. The number of carbonyl (C=O) groups is 2. The third-order valence-electron chi connectivity index (χ3n) is 4.79. The van der Waals surface area contributed by atoms with Crippen molar-refractivity contribution in [3.05, 3.63) is 53.8 Å². The van der Waals surface area contributed by atoms with Crippen LogP contribution in [0.4, 0.5) is 10.5 Å². The number of anilines is 1. The number of nitriles is 1. The Balaban J connectivity index is 0.00000800. The first-order valence-corrected chi connectivity index (χ1v) is 12.9. The number of carbonyl (C=O) groups excluding carboxylic acids is 2. The summed E-state index contributed by atoms with van der Waals surface area (Å²) in [5.74, 6) is 0.480. The van der Waals surface area contributed by atoms with E-state index in [1.165, 1.54) is 0 Å². The van der Waals surface area contributed by atoms with Gasteiger partial charge in [-0.3, -0.25) is 10.3 Å². The quantitative estimate of drug-likeness (QED) is 0.0470. The molecular formula is C27H35ClIN5O6. The number of aliphatic imine (C=N–C) groups is 1. The average Bonchev–Trinajstić information content (AvgIpc) is 2.88. The number of nitrogens with one attached hydrogen (secondary N) is 2. The molecule has 2 N–H and O–H groups in total. The van der Waals surface area contributed by atoms with Gasteiger partial charge >= 0.3 is 12.1 Å². The molecule has 0 saturated carbocycles. The van der Waals surface area contributed by atoms with Crippen molar-refractivity contribution >= 4 is 35.4 Å². The van der Waals surface area contributed by atoms with Crippen molar-refractivity contribution in [2.24, 2.45) is 4.99 Å². The van der Waals surface area contributed by atoms with Gasteiger partial charge in [-0.15, -0.1) is 0 Å². The maximum absolute atomic E-state index is 11.7. The van der Waals surface area contributed by atoms with E-state index in [1.54, 1.807) is 62.0 Å². The molecule has 0 amide bonds. The van der Waals surface area contributed by atoms with Gasteiger partial charge in [0.25, 0.3) is 6.73 Å². The molecule has 0 radical (unpaired) electrons. The number of hydrogen-bond acceptors (Lipinski definition) is 8. The van der Waals surface area contributed by atoms with Crippen LogP contribution in [-0.2, 0) is 25.7 Å². The lowest BCUT2D eigenvalue weighted by atomic mass is 10.2. The van der Waals surface area contributed by atoms with Crippen LogP contribution in [0.1, 0.15) is 46.5 Å². The summed E-state index contributed by atoms with van der Waals surface area (Å²) >= 11 is 5.86. The molecule has 0 aliphatic carbocycles. The van der Waals surface area contributed by atoms with Crippen LogP contribution in [0.5, 0.6) is 5.75 Å². The van der Waals surface area contributed by atoms with E-state index in [0.717, 1.165) is 31.4 Å². The zero-order valence-electron chi connectivity index (χ0n) is 22.8. The maximum atomic E-state index is 11.7. The molecule has 1 heterocycles. The third kappa shape index (κ3) is 15.9. The molecule has 1 aromatic heterocycles. The number of unbranched alkanes of at least 4 members (excludes halogenated alkanes) is 3. The normalized spacial score (nSPS) is 10.9. The highest BCUT2D eigenvalue weighted by Gasteiger charge is 2.18. The van der Waals surface area contributed by atoms with E-state index in [-0.39, 0.29) is 30.7 Å². The number of esters is 1. The minimum atomic E-state index is -0.989. The van der Waals surface area contributed by atoms with Crippen molar-refractivity contribution in [2.45, 2.75) is 58.8 Å². The van der Waals surface area contributed by atoms with Crippen LogP contribution >= 0.6 is 11.6 Å². The molecule has 0 saturated heterocycles. The first kappa shape index (κ1) is 34.7. The Kier molecular flexibility index (Phi) is 16.4. The Hall–Kier alpha value is -3.31. The second-order valence-electron chi connectivity index (χ2n) is 9.31. The number of ether oxygens (including phenoxy) is 4. The molecule has 0 spiro atoms. The van der Waals surface area contributed by atoms with Crippen molar-refractivity contribution in [1.82, 2.24) is 5.32 Å². The van der Waals surface area contributed by atoms with Gasteiger partial charge in [0, 0.05) is 23.7 Å². The largest absolute Gasteiger partial charge is 1.00 e. The van der Waals surface area contributed by atoms with E-state index in [2.05, 4.69) is 15.6 Å². The third-order valence-corrected chi connectivity index (χ3v) is 5.04. The topological polar surface area (TPSA) is 135 Å². The van der Waals surface area contributed by atoms with Crippen LogP contribution < -0.4 is 43.9 Å². The fourth-order valence-corrected chi connectivity index (χ4v) is 3.19. The highest BCUT2D eigenvalue weighted by Crippen LogP contribution is 2.16. The first-order chi connectivity index (χ1) is 18.6. The molecule has 0 aliphatic rings. The number of aromatic nitrogens is 1. The Labute approximate surface area is 256 Å². The molecular weight excluding hydrogens is 653 g/mol. The van der Waals surface area contributed by atoms with Gasteiger partial charge in [0.15, 0.2) is 25.2 Å². The van der Waals surface area contributed by atoms with Gasteiger partial charge in [-0.05, 0) is 64.3 Å². The van der Waals surface area contributed by atoms with Gasteiger partial charge in [0.05, 0.1) is 12.3 Å². The predicted octanol–water partition coefficient (Wildman–Crippen LogP) is 1.56. The van der Waals surface area contributed by atoms with E-state index in [9.17, 15) is 9.59 Å². The smallest absolute Gasteiger partial charge is 0.513 e. The SMILES string of the molecule is CC(C)(C)OC(=O)COC(=O)OC[n+]1ccc(NC(=NCCCCCCOc2ccc(Cl)cc2)NC#N)cc1.[I-]. The lowest BCUT2D eigenvalue weighted by Crippen LogP contribution is -3.00. The lowest BCUT2D eigenvalue weighted by molar-refractivity contribution is -0.727. The number of nitrogens with zero attached hydrogens (tertiary/aromatic N) is 3. The number of hydrogen-bond donors (Lipinski definition) is 2. The van der Waals surface area contributed by atoms with E-state index in [1.807, 2.05) is 18.3 Å². The average molecular weight is 688 g/mol. The number of pyridine rings is 1. The van der Waals surface area contributed by atoms with Crippen LogP contribution in [0.2, 0.25) is 5.02 Å². The van der Waals surface area contributed by atoms with Gasteiger partial charge in [0.2, 0.25) is 5.96 Å².